The van der Waals surface area contributed by atoms with Gasteiger partial charge in [-0.3, -0.25) is 19.2 Å². The van der Waals surface area contributed by atoms with Gasteiger partial charge in [-0.25, -0.2) is 0 Å². The van der Waals surface area contributed by atoms with Crippen LogP contribution in [-0.2, 0) is 14.3 Å². The molecule has 0 aliphatic heterocycles. The van der Waals surface area contributed by atoms with E-state index in [0.29, 0.717) is 52.4 Å². The first-order valence-electron chi connectivity index (χ1n) is 13.9. The number of carboxylic acids is 1. The molecule has 0 fully saturated rings. The van der Waals surface area contributed by atoms with Gasteiger partial charge in [0.2, 0.25) is 0 Å². The minimum atomic E-state index is -1.00. The Hall–Kier alpha value is -4.16. The molecule has 10 nitrogen and oxygen atoms in total. The van der Waals surface area contributed by atoms with E-state index in [2.05, 4.69) is 0 Å². The summed E-state index contributed by atoms with van der Waals surface area (Å²) in [5.74, 6) is -0.942. The quantitative estimate of drug-likeness (QED) is 0.0803. The molecule has 234 valence electrons. The minimum absolute atomic E-state index is 0.0650. The molecule has 0 spiro atoms. The predicted octanol–water partition coefficient (Wildman–Crippen LogP) is 6.66. The van der Waals surface area contributed by atoms with Gasteiger partial charge in [-0.1, -0.05) is 13.8 Å². The van der Waals surface area contributed by atoms with E-state index in [1.165, 1.54) is 43.8 Å². The topological polar surface area (TPSA) is 135 Å². The van der Waals surface area contributed by atoms with E-state index in [1.54, 1.807) is 32.2 Å². The lowest BCUT2D eigenvalue weighted by molar-refractivity contribution is -0.144. The van der Waals surface area contributed by atoms with Gasteiger partial charge in [0, 0.05) is 40.8 Å². The van der Waals surface area contributed by atoms with E-state index in [9.17, 15) is 19.2 Å². The summed E-state index contributed by atoms with van der Waals surface area (Å²) in [5, 5.41) is 10.8. The maximum atomic E-state index is 12.7. The van der Waals surface area contributed by atoms with E-state index in [1.807, 2.05) is 18.2 Å². The van der Waals surface area contributed by atoms with Crippen molar-refractivity contribution in [3.63, 3.8) is 0 Å². The van der Waals surface area contributed by atoms with Crippen LogP contribution in [0.1, 0.15) is 52.5 Å². The molecule has 0 saturated carbocycles. The zero-order valence-electron chi connectivity index (χ0n) is 25.1. The predicted molar refractivity (Wildman–Crippen MR) is 168 cm³/mol. The molecule has 2 heterocycles. The number of thiophene rings is 2. The molecule has 0 bridgehead atoms. The van der Waals surface area contributed by atoms with Crippen molar-refractivity contribution in [3.8, 4) is 23.0 Å². The second kappa shape index (κ2) is 14.5. The van der Waals surface area contributed by atoms with Gasteiger partial charge in [-0.05, 0) is 35.0 Å². The molecular weight excluding hydrogens is 608 g/mol. The van der Waals surface area contributed by atoms with Gasteiger partial charge in [0.15, 0.2) is 34.6 Å². The monoisotopic (exact) mass is 642 g/mol. The van der Waals surface area contributed by atoms with Crippen LogP contribution in [0.2, 0.25) is 0 Å². The second-order valence-electron chi connectivity index (χ2n) is 10.3. The number of methoxy groups -OCH3 is 3. The highest BCUT2D eigenvalue weighted by atomic mass is 32.1. The van der Waals surface area contributed by atoms with Crippen molar-refractivity contribution >= 4 is 66.4 Å². The van der Waals surface area contributed by atoms with Gasteiger partial charge in [0.1, 0.15) is 0 Å². The molecule has 4 aromatic rings. The standard InChI is InChI=1S/C32H34O10S2/c1-17(31(35)36)9-21(33)29-14-20-12-25(24(39-4)15-27(20)43-29)41-7-6-8-42-26-16-28-19(11-23(26)38-3)13-30(44-28)22(34)10-18(2)32(37)40-5/h11-18H,6-10H2,1-5H3,(H,35,36)/t17-,18-/m0/s1. The lowest BCUT2D eigenvalue weighted by Gasteiger charge is -2.13. The summed E-state index contributed by atoms with van der Waals surface area (Å²) in [4.78, 5) is 49.2. The Bertz CT molecular complexity index is 1690. The number of carboxylic acid groups (broad SMARTS) is 1. The number of hydrogen-bond donors (Lipinski definition) is 1. The Morgan fingerprint density at radius 1 is 0.682 bits per heavy atom. The van der Waals surface area contributed by atoms with Crippen molar-refractivity contribution in [1.82, 2.24) is 0 Å². The fourth-order valence-electron chi connectivity index (χ4n) is 4.47. The highest BCUT2D eigenvalue weighted by Gasteiger charge is 2.22. The van der Waals surface area contributed by atoms with Gasteiger partial charge in [-0.15, -0.1) is 22.7 Å². The molecule has 4 rings (SSSR count). The van der Waals surface area contributed by atoms with Crippen LogP contribution in [0.5, 0.6) is 23.0 Å². The number of hydrogen-bond acceptors (Lipinski definition) is 11. The number of ether oxygens (including phenoxy) is 5. The van der Waals surface area contributed by atoms with Gasteiger partial charge in [-0.2, -0.15) is 0 Å². The number of esters is 1. The third kappa shape index (κ3) is 7.67. The fourth-order valence-corrected chi connectivity index (χ4v) is 6.51. The van der Waals surface area contributed by atoms with Crippen LogP contribution < -0.4 is 18.9 Å². The first-order valence-corrected chi connectivity index (χ1v) is 15.5. The SMILES string of the molecule is COC(=O)[C@@H](C)CC(=O)c1cc2cc(OC)c(OCCCOc3cc4cc(C(=O)C[C@H](C)C(=O)O)sc4cc3OC)cc2s1. The third-order valence-electron chi connectivity index (χ3n) is 6.97. The van der Waals surface area contributed by atoms with Crippen molar-refractivity contribution in [2.45, 2.75) is 33.1 Å². The molecule has 2 aromatic heterocycles. The summed E-state index contributed by atoms with van der Waals surface area (Å²) < 4.78 is 29.4. The van der Waals surface area contributed by atoms with Crippen molar-refractivity contribution < 1.29 is 48.0 Å². The molecule has 0 aliphatic rings. The molecular formula is C32H34O10S2. The number of benzene rings is 2. The number of fused-ring (bicyclic) bond motifs is 2. The van der Waals surface area contributed by atoms with Crippen LogP contribution in [0, 0.1) is 11.8 Å². The lowest BCUT2D eigenvalue weighted by Crippen LogP contribution is -2.16. The smallest absolute Gasteiger partial charge is 0.308 e. The van der Waals surface area contributed by atoms with Crippen LogP contribution in [-0.4, -0.2) is 63.2 Å². The molecule has 44 heavy (non-hydrogen) atoms. The number of Topliss-reactive ketones (excluding diaryl/α,β-unsaturated/α-hetero) is 2. The molecule has 2 atom stereocenters. The molecule has 0 saturated heterocycles. The molecule has 0 amide bonds. The molecule has 0 aliphatic carbocycles. The first-order chi connectivity index (χ1) is 21.0. The summed E-state index contributed by atoms with van der Waals surface area (Å²) in [7, 11) is 4.39. The summed E-state index contributed by atoms with van der Waals surface area (Å²) in [6.07, 6.45) is 0.542. The summed E-state index contributed by atoms with van der Waals surface area (Å²) in [6.45, 7) is 3.84. The molecule has 1 N–H and O–H groups in total. The highest BCUT2D eigenvalue weighted by molar-refractivity contribution is 7.21. The van der Waals surface area contributed by atoms with Crippen LogP contribution in [0.25, 0.3) is 20.2 Å². The molecule has 2 aromatic carbocycles. The van der Waals surface area contributed by atoms with E-state index < -0.39 is 23.8 Å². The molecule has 0 radical (unpaired) electrons. The number of carbonyl (C=O) groups is 4. The number of rotatable bonds is 16. The Balaban J connectivity index is 1.37. The third-order valence-corrected chi connectivity index (χ3v) is 9.24. The van der Waals surface area contributed by atoms with Gasteiger partial charge in [0.05, 0.1) is 56.1 Å². The minimum Gasteiger partial charge on any atom is -0.493 e. The average Bonchev–Trinajstić information content (AvgIpc) is 3.62. The van der Waals surface area contributed by atoms with E-state index in [4.69, 9.17) is 28.8 Å². The highest BCUT2D eigenvalue weighted by Crippen LogP contribution is 2.39. The van der Waals surface area contributed by atoms with E-state index in [0.717, 1.165) is 20.2 Å². The maximum absolute atomic E-state index is 12.7. The first kappa shape index (κ1) is 32.7. The Morgan fingerprint density at radius 2 is 1.14 bits per heavy atom. The van der Waals surface area contributed by atoms with Crippen molar-refractivity contribution in [1.29, 1.82) is 0 Å². The zero-order valence-corrected chi connectivity index (χ0v) is 26.7. The Morgan fingerprint density at radius 3 is 1.64 bits per heavy atom. The normalized spacial score (nSPS) is 12.5. The molecule has 12 heteroatoms. The van der Waals surface area contributed by atoms with Crippen molar-refractivity contribution in [2.24, 2.45) is 11.8 Å². The second-order valence-corrected chi connectivity index (χ2v) is 12.4. The van der Waals surface area contributed by atoms with Crippen LogP contribution >= 0.6 is 22.7 Å². The van der Waals surface area contributed by atoms with E-state index in [-0.39, 0.29) is 24.4 Å². The Labute approximate surface area is 262 Å². The average molecular weight is 643 g/mol. The number of ketones is 2. The lowest BCUT2D eigenvalue weighted by atomic mass is 10.0. The van der Waals surface area contributed by atoms with Gasteiger partial charge >= 0.3 is 11.9 Å². The van der Waals surface area contributed by atoms with Crippen LogP contribution in [0.3, 0.4) is 0 Å². The summed E-state index contributed by atoms with van der Waals surface area (Å²) >= 11 is 2.62. The maximum Gasteiger partial charge on any atom is 0.308 e. The van der Waals surface area contributed by atoms with Crippen molar-refractivity contribution in [3.05, 3.63) is 46.2 Å². The zero-order chi connectivity index (χ0) is 32.0. The summed E-state index contributed by atoms with van der Waals surface area (Å²) in [5.41, 5.74) is 0. The fraction of sp³-hybridized carbons (Fsp3) is 0.375. The van der Waals surface area contributed by atoms with Crippen molar-refractivity contribution in [2.75, 3.05) is 34.5 Å². The summed E-state index contributed by atoms with van der Waals surface area (Å²) in [6, 6.07) is 10.8. The largest absolute Gasteiger partial charge is 0.493 e. The van der Waals surface area contributed by atoms with Gasteiger partial charge in [0.25, 0.3) is 0 Å². The van der Waals surface area contributed by atoms with Gasteiger partial charge < -0.3 is 28.8 Å². The van der Waals surface area contributed by atoms with Crippen LogP contribution in [0.4, 0.5) is 0 Å². The molecule has 0 unspecified atom stereocenters. The van der Waals surface area contributed by atoms with E-state index >= 15 is 0 Å². The van der Waals surface area contributed by atoms with Crippen LogP contribution in [0.15, 0.2) is 36.4 Å². The number of carbonyl (C=O) groups excluding carboxylic acids is 3. The Kier molecular flexibility index (Phi) is 10.8. The number of aliphatic carboxylic acids is 1.